The van der Waals surface area contributed by atoms with Gasteiger partial charge in [-0.05, 0) is 25.0 Å². The lowest BCUT2D eigenvalue weighted by Crippen LogP contribution is -2.40. The third-order valence-electron chi connectivity index (χ3n) is 3.56. The van der Waals surface area contributed by atoms with E-state index >= 15 is 0 Å². The van der Waals surface area contributed by atoms with Crippen LogP contribution in [0.1, 0.15) is 25.7 Å². The fraction of sp³-hybridized carbons (Fsp3) is 0.538. The summed E-state index contributed by atoms with van der Waals surface area (Å²) in [5.41, 5.74) is 0. The first-order valence-corrected chi connectivity index (χ1v) is 8.75. The molecule has 1 saturated carbocycles. The Labute approximate surface area is 129 Å². The van der Waals surface area contributed by atoms with Gasteiger partial charge < -0.3 is 5.11 Å². The van der Waals surface area contributed by atoms with Crippen LogP contribution in [-0.4, -0.2) is 37.0 Å². The van der Waals surface area contributed by atoms with Crippen molar-refractivity contribution in [2.45, 2.75) is 36.6 Å². The molecule has 2 rings (SSSR count). The van der Waals surface area contributed by atoms with Gasteiger partial charge in [-0.1, -0.05) is 42.1 Å². The number of nitrogens with zero attached hydrogens (tertiary/aromatic N) is 1. The molecule has 0 spiro atoms. The molecule has 0 atom stereocenters. The van der Waals surface area contributed by atoms with Crippen LogP contribution in [0, 0.1) is 0 Å². The first kappa shape index (κ1) is 16.0. The fourth-order valence-electron chi connectivity index (χ4n) is 2.60. The van der Waals surface area contributed by atoms with Crippen molar-refractivity contribution < 1.29 is 13.5 Å². The molecular weight excluding hydrogens is 321 g/mol. The van der Waals surface area contributed by atoms with Crippen molar-refractivity contribution in [1.29, 1.82) is 0 Å². The molecule has 0 aliphatic heterocycles. The van der Waals surface area contributed by atoms with Gasteiger partial charge in [0.05, 0.1) is 16.7 Å². The lowest BCUT2D eigenvalue weighted by Gasteiger charge is -2.27. The Hall–Kier alpha value is -0.330. The van der Waals surface area contributed by atoms with Crippen molar-refractivity contribution in [2.24, 2.45) is 0 Å². The highest BCUT2D eigenvalue weighted by atomic mass is 35.5. The standard InChI is InChI=1S/C13H17Cl2NO3S/c14-11-6-3-7-12(13(11)15)20(18,19)16(8-9-17)10-4-1-2-5-10/h3,6-7,10,17H,1-2,4-5,8-9H2. The van der Waals surface area contributed by atoms with Gasteiger partial charge in [0.15, 0.2) is 0 Å². The second-order valence-electron chi connectivity index (χ2n) is 4.83. The maximum Gasteiger partial charge on any atom is 0.244 e. The topological polar surface area (TPSA) is 57.6 Å². The van der Waals surface area contributed by atoms with Crippen LogP contribution in [0.25, 0.3) is 0 Å². The largest absolute Gasteiger partial charge is 0.395 e. The summed E-state index contributed by atoms with van der Waals surface area (Å²) in [6.45, 7) is -0.135. The third-order valence-corrected chi connectivity index (χ3v) is 6.48. The molecule has 0 heterocycles. The predicted octanol–water partition coefficient (Wildman–Crippen LogP) is 2.92. The molecule has 0 aromatic heterocycles. The highest BCUT2D eigenvalue weighted by Crippen LogP contribution is 2.34. The first-order chi connectivity index (χ1) is 9.48. The average Bonchev–Trinajstić information content (AvgIpc) is 2.92. The van der Waals surface area contributed by atoms with Crippen molar-refractivity contribution >= 4 is 33.2 Å². The molecule has 0 saturated heterocycles. The molecule has 0 unspecified atom stereocenters. The number of hydrogen-bond acceptors (Lipinski definition) is 3. The zero-order valence-corrected chi connectivity index (χ0v) is 13.3. The molecule has 1 fully saturated rings. The van der Waals surface area contributed by atoms with Gasteiger partial charge in [0, 0.05) is 12.6 Å². The Morgan fingerprint density at radius 1 is 1.25 bits per heavy atom. The number of sulfonamides is 1. The van der Waals surface area contributed by atoms with Gasteiger partial charge in [-0.2, -0.15) is 4.31 Å². The Balaban J connectivity index is 2.42. The van der Waals surface area contributed by atoms with Crippen LogP contribution in [0.2, 0.25) is 10.0 Å². The number of halogens is 2. The molecule has 112 valence electrons. The van der Waals surface area contributed by atoms with Crippen LogP contribution in [0.15, 0.2) is 23.1 Å². The van der Waals surface area contributed by atoms with Gasteiger partial charge in [0.25, 0.3) is 0 Å². The molecule has 0 bridgehead atoms. The van der Waals surface area contributed by atoms with Gasteiger partial charge in [-0.3, -0.25) is 0 Å². The van der Waals surface area contributed by atoms with E-state index in [-0.39, 0.29) is 34.1 Å². The second kappa shape index (κ2) is 6.62. The maximum atomic E-state index is 12.8. The van der Waals surface area contributed by atoms with Crippen molar-refractivity contribution in [1.82, 2.24) is 4.31 Å². The van der Waals surface area contributed by atoms with Gasteiger partial charge in [-0.15, -0.1) is 0 Å². The van der Waals surface area contributed by atoms with Crippen LogP contribution in [-0.2, 0) is 10.0 Å². The minimum absolute atomic E-state index is 0.00650. The molecule has 1 N–H and O–H groups in total. The summed E-state index contributed by atoms with van der Waals surface area (Å²) in [5, 5.41) is 9.41. The summed E-state index contributed by atoms with van der Waals surface area (Å²) < 4.78 is 26.9. The van der Waals surface area contributed by atoms with Crippen molar-refractivity contribution in [3.63, 3.8) is 0 Å². The molecule has 1 aliphatic rings. The second-order valence-corrected chi connectivity index (χ2v) is 7.47. The third kappa shape index (κ3) is 3.12. The molecule has 1 aromatic rings. The van der Waals surface area contributed by atoms with Crippen LogP contribution in [0.4, 0.5) is 0 Å². The van der Waals surface area contributed by atoms with E-state index in [4.69, 9.17) is 28.3 Å². The summed E-state index contributed by atoms with van der Waals surface area (Å²) in [5.74, 6) is 0. The molecular formula is C13H17Cl2NO3S. The number of aliphatic hydroxyl groups is 1. The van der Waals surface area contributed by atoms with Crippen LogP contribution in [0.5, 0.6) is 0 Å². The van der Waals surface area contributed by atoms with E-state index in [0.717, 1.165) is 25.7 Å². The Bertz CT molecular complexity index is 571. The van der Waals surface area contributed by atoms with Gasteiger partial charge in [0.1, 0.15) is 4.90 Å². The van der Waals surface area contributed by atoms with E-state index in [1.54, 1.807) is 12.1 Å². The zero-order valence-electron chi connectivity index (χ0n) is 10.9. The molecule has 4 nitrogen and oxygen atoms in total. The lowest BCUT2D eigenvalue weighted by atomic mass is 10.2. The summed E-state index contributed by atoms with van der Waals surface area (Å²) in [7, 11) is -3.74. The van der Waals surface area contributed by atoms with Crippen molar-refractivity contribution in [3.05, 3.63) is 28.2 Å². The number of benzene rings is 1. The molecule has 0 amide bonds. The molecule has 7 heteroatoms. The quantitative estimate of drug-likeness (QED) is 0.898. The van der Waals surface area contributed by atoms with Crippen LogP contribution < -0.4 is 0 Å². The first-order valence-electron chi connectivity index (χ1n) is 6.55. The minimum atomic E-state index is -3.74. The van der Waals surface area contributed by atoms with Crippen LogP contribution >= 0.6 is 23.2 Å². The number of hydrogen-bond donors (Lipinski definition) is 1. The predicted molar refractivity (Wildman–Crippen MR) is 79.7 cm³/mol. The normalized spacial score (nSPS) is 17.0. The Kier molecular flexibility index (Phi) is 5.31. The highest BCUT2D eigenvalue weighted by molar-refractivity contribution is 7.89. The van der Waals surface area contributed by atoms with E-state index < -0.39 is 10.0 Å². The SMILES string of the molecule is O=S(=O)(c1cccc(Cl)c1Cl)N(CCO)C1CCCC1. The Morgan fingerprint density at radius 2 is 1.90 bits per heavy atom. The monoisotopic (exact) mass is 337 g/mol. The van der Waals surface area contributed by atoms with Gasteiger partial charge >= 0.3 is 0 Å². The molecule has 0 radical (unpaired) electrons. The lowest BCUT2D eigenvalue weighted by molar-refractivity contribution is 0.226. The van der Waals surface area contributed by atoms with Crippen molar-refractivity contribution in [2.75, 3.05) is 13.2 Å². The fourth-order valence-corrected chi connectivity index (χ4v) is 5.01. The van der Waals surface area contributed by atoms with Gasteiger partial charge in [0.2, 0.25) is 10.0 Å². The van der Waals surface area contributed by atoms with E-state index in [1.165, 1.54) is 10.4 Å². The molecule has 1 aliphatic carbocycles. The molecule has 20 heavy (non-hydrogen) atoms. The highest BCUT2D eigenvalue weighted by Gasteiger charge is 2.34. The average molecular weight is 338 g/mol. The summed E-state index contributed by atoms with van der Waals surface area (Å²) >= 11 is 11.9. The number of rotatable bonds is 5. The summed E-state index contributed by atoms with van der Waals surface area (Å²) in [6.07, 6.45) is 3.64. The Morgan fingerprint density at radius 3 is 2.50 bits per heavy atom. The van der Waals surface area contributed by atoms with E-state index in [1.807, 2.05) is 0 Å². The van der Waals surface area contributed by atoms with Crippen molar-refractivity contribution in [3.8, 4) is 0 Å². The summed E-state index contributed by atoms with van der Waals surface area (Å²) in [6, 6.07) is 4.49. The summed E-state index contributed by atoms with van der Waals surface area (Å²) in [4.78, 5) is 0.00650. The van der Waals surface area contributed by atoms with Gasteiger partial charge in [-0.25, -0.2) is 8.42 Å². The zero-order chi connectivity index (χ0) is 14.8. The van der Waals surface area contributed by atoms with Crippen LogP contribution in [0.3, 0.4) is 0 Å². The number of aliphatic hydroxyl groups excluding tert-OH is 1. The van der Waals surface area contributed by atoms with E-state index in [2.05, 4.69) is 0 Å². The minimum Gasteiger partial charge on any atom is -0.395 e. The maximum absolute atomic E-state index is 12.8. The van der Waals surface area contributed by atoms with E-state index in [0.29, 0.717) is 0 Å². The molecule has 1 aromatic carbocycles. The smallest absolute Gasteiger partial charge is 0.244 e. The van der Waals surface area contributed by atoms with E-state index in [9.17, 15) is 8.42 Å².